The standard InChI is InChI=1S/C18H19NO/c1-2-7-13(8-3-1)17-15-10-6-12-20-18(15)14-9-4-5-11-16(14)19-17/h1-5,7-9,11,15,17-19H,6,10,12H2/t15-,17-,18+/m1/s1. The van der Waals surface area contributed by atoms with Gasteiger partial charge in [-0.1, -0.05) is 48.5 Å². The SMILES string of the molecule is c1ccc([C@H]2Nc3ccccc3[C@@H]3OCCC[C@H]23)cc1. The summed E-state index contributed by atoms with van der Waals surface area (Å²) in [6.45, 7) is 0.886. The quantitative estimate of drug-likeness (QED) is 0.829. The van der Waals surface area contributed by atoms with Gasteiger partial charge in [-0.3, -0.25) is 0 Å². The van der Waals surface area contributed by atoms with Crippen LogP contribution in [0, 0.1) is 5.92 Å². The molecular weight excluding hydrogens is 246 g/mol. The maximum atomic E-state index is 6.12. The number of hydrogen-bond acceptors (Lipinski definition) is 2. The van der Waals surface area contributed by atoms with Gasteiger partial charge in [-0.15, -0.1) is 0 Å². The van der Waals surface area contributed by atoms with Crippen molar-refractivity contribution in [3.8, 4) is 0 Å². The Morgan fingerprint density at radius 3 is 2.65 bits per heavy atom. The number of hydrogen-bond donors (Lipinski definition) is 1. The van der Waals surface area contributed by atoms with E-state index >= 15 is 0 Å². The van der Waals surface area contributed by atoms with Crippen molar-refractivity contribution in [1.29, 1.82) is 0 Å². The van der Waals surface area contributed by atoms with Crippen molar-refractivity contribution in [2.24, 2.45) is 5.92 Å². The first-order chi connectivity index (χ1) is 9.93. The van der Waals surface area contributed by atoms with Gasteiger partial charge in [0.2, 0.25) is 0 Å². The number of benzene rings is 2. The molecule has 1 saturated heterocycles. The van der Waals surface area contributed by atoms with Crippen LogP contribution in [0.3, 0.4) is 0 Å². The zero-order chi connectivity index (χ0) is 13.4. The number of fused-ring (bicyclic) bond motifs is 3. The van der Waals surface area contributed by atoms with E-state index in [4.69, 9.17) is 4.74 Å². The van der Waals surface area contributed by atoms with E-state index in [1.165, 1.54) is 23.2 Å². The molecule has 2 nitrogen and oxygen atoms in total. The summed E-state index contributed by atoms with van der Waals surface area (Å²) >= 11 is 0. The molecule has 20 heavy (non-hydrogen) atoms. The molecule has 0 bridgehead atoms. The molecule has 1 N–H and O–H groups in total. The number of nitrogens with one attached hydrogen (secondary N) is 1. The fraction of sp³-hybridized carbons (Fsp3) is 0.333. The molecule has 2 heteroatoms. The molecule has 2 aromatic carbocycles. The molecule has 0 unspecified atom stereocenters. The van der Waals surface area contributed by atoms with E-state index in [1.807, 2.05) is 0 Å². The van der Waals surface area contributed by atoms with E-state index in [-0.39, 0.29) is 6.10 Å². The summed E-state index contributed by atoms with van der Waals surface area (Å²) < 4.78 is 6.12. The lowest BCUT2D eigenvalue weighted by Crippen LogP contribution is -2.35. The van der Waals surface area contributed by atoms with Gasteiger partial charge in [0.05, 0.1) is 12.1 Å². The Hall–Kier alpha value is -1.80. The molecule has 0 spiro atoms. The van der Waals surface area contributed by atoms with Crippen LogP contribution in [0.1, 0.15) is 36.1 Å². The first kappa shape index (κ1) is 12.0. The Morgan fingerprint density at radius 1 is 0.950 bits per heavy atom. The molecule has 2 heterocycles. The van der Waals surface area contributed by atoms with Crippen molar-refractivity contribution in [2.75, 3.05) is 11.9 Å². The summed E-state index contributed by atoms with van der Waals surface area (Å²) in [4.78, 5) is 0. The molecule has 0 aromatic heterocycles. The molecule has 1 fully saturated rings. The molecular formula is C18H19NO. The molecule has 2 aliphatic heterocycles. The second kappa shape index (κ2) is 4.95. The monoisotopic (exact) mass is 265 g/mol. The van der Waals surface area contributed by atoms with E-state index in [1.54, 1.807) is 0 Å². The Morgan fingerprint density at radius 2 is 1.75 bits per heavy atom. The molecule has 0 saturated carbocycles. The lowest BCUT2D eigenvalue weighted by molar-refractivity contribution is -0.0381. The van der Waals surface area contributed by atoms with Crippen molar-refractivity contribution < 1.29 is 4.74 Å². The predicted molar refractivity (Wildman–Crippen MR) is 80.7 cm³/mol. The molecule has 0 aliphatic carbocycles. The third-order valence-corrected chi connectivity index (χ3v) is 4.53. The minimum atomic E-state index is 0.242. The fourth-order valence-electron chi connectivity index (χ4n) is 3.61. The van der Waals surface area contributed by atoms with E-state index in [9.17, 15) is 0 Å². The van der Waals surface area contributed by atoms with E-state index in [0.717, 1.165) is 13.0 Å². The normalized spacial score (nSPS) is 28.1. The lowest BCUT2D eigenvalue weighted by Gasteiger charge is -2.43. The van der Waals surface area contributed by atoms with Crippen molar-refractivity contribution >= 4 is 5.69 Å². The fourth-order valence-corrected chi connectivity index (χ4v) is 3.61. The minimum absolute atomic E-state index is 0.242. The Bertz CT molecular complexity index is 595. The van der Waals surface area contributed by atoms with Gasteiger partial charge in [-0.25, -0.2) is 0 Å². The van der Waals surface area contributed by atoms with Gasteiger partial charge < -0.3 is 10.1 Å². The number of para-hydroxylation sites is 1. The van der Waals surface area contributed by atoms with Crippen molar-refractivity contribution in [2.45, 2.75) is 25.0 Å². The summed E-state index contributed by atoms with van der Waals surface area (Å²) in [5.74, 6) is 0.529. The second-order valence-electron chi connectivity index (χ2n) is 5.72. The Kier molecular flexibility index (Phi) is 2.96. The van der Waals surface area contributed by atoms with Crippen molar-refractivity contribution in [1.82, 2.24) is 0 Å². The maximum absolute atomic E-state index is 6.12. The molecule has 102 valence electrons. The molecule has 2 aliphatic rings. The van der Waals surface area contributed by atoms with Gasteiger partial charge in [0.25, 0.3) is 0 Å². The van der Waals surface area contributed by atoms with E-state index in [2.05, 4.69) is 59.9 Å². The molecule has 3 atom stereocenters. The van der Waals surface area contributed by atoms with Crippen molar-refractivity contribution in [3.05, 3.63) is 65.7 Å². The number of anilines is 1. The van der Waals surface area contributed by atoms with Crippen LogP contribution in [0.25, 0.3) is 0 Å². The lowest BCUT2D eigenvalue weighted by atomic mass is 9.77. The van der Waals surface area contributed by atoms with Gasteiger partial charge in [0.1, 0.15) is 0 Å². The highest BCUT2D eigenvalue weighted by Crippen LogP contribution is 2.48. The van der Waals surface area contributed by atoms with E-state index in [0.29, 0.717) is 12.0 Å². The Balaban J connectivity index is 1.78. The van der Waals surface area contributed by atoms with Gasteiger partial charge in [-0.05, 0) is 24.5 Å². The molecule has 4 rings (SSSR count). The zero-order valence-electron chi connectivity index (χ0n) is 11.5. The van der Waals surface area contributed by atoms with Crippen LogP contribution in [0.5, 0.6) is 0 Å². The van der Waals surface area contributed by atoms with Crippen LogP contribution in [0.15, 0.2) is 54.6 Å². The maximum Gasteiger partial charge on any atom is 0.0895 e. The van der Waals surface area contributed by atoms with Crippen LogP contribution in [0.4, 0.5) is 5.69 Å². The minimum Gasteiger partial charge on any atom is -0.378 e. The zero-order valence-corrected chi connectivity index (χ0v) is 11.5. The molecule has 0 amide bonds. The van der Waals surface area contributed by atoms with Gasteiger partial charge in [-0.2, -0.15) is 0 Å². The summed E-state index contributed by atoms with van der Waals surface area (Å²) in [5, 5.41) is 3.73. The highest BCUT2D eigenvalue weighted by atomic mass is 16.5. The average Bonchev–Trinajstić information content (AvgIpc) is 2.55. The van der Waals surface area contributed by atoms with Gasteiger partial charge in [0, 0.05) is 23.8 Å². The largest absolute Gasteiger partial charge is 0.378 e. The first-order valence-corrected chi connectivity index (χ1v) is 7.45. The van der Waals surface area contributed by atoms with E-state index < -0.39 is 0 Å². The third kappa shape index (κ3) is 1.92. The van der Waals surface area contributed by atoms with Crippen LogP contribution in [-0.2, 0) is 4.74 Å². The molecule has 0 radical (unpaired) electrons. The average molecular weight is 265 g/mol. The molecule has 2 aromatic rings. The van der Waals surface area contributed by atoms with Crippen molar-refractivity contribution in [3.63, 3.8) is 0 Å². The van der Waals surface area contributed by atoms with Crippen LogP contribution < -0.4 is 5.32 Å². The first-order valence-electron chi connectivity index (χ1n) is 7.45. The smallest absolute Gasteiger partial charge is 0.0895 e. The third-order valence-electron chi connectivity index (χ3n) is 4.53. The highest BCUT2D eigenvalue weighted by Gasteiger charge is 2.39. The summed E-state index contributed by atoms with van der Waals surface area (Å²) in [6, 6.07) is 19.7. The Labute approximate surface area is 119 Å². The number of ether oxygens (including phenoxy) is 1. The highest BCUT2D eigenvalue weighted by molar-refractivity contribution is 5.57. The summed E-state index contributed by atoms with van der Waals surface area (Å²) in [6.07, 6.45) is 2.63. The second-order valence-corrected chi connectivity index (χ2v) is 5.72. The van der Waals surface area contributed by atoms with Gasteiger partial charge >= 0.3 is 0 Å². The van der Waals surface area contributed by atoms with Crippen LogP contribution in [-0.4, -0.2) is 6.61 Å². The van der Waals surface area contributed by atoms with Gasteiger partial charge in [0.15, 0.2) is 0 Å². The summed E-state index contributed by atoms with van der Waals surface area (Å²) in [5.41, 5.74) is 3.91. The van der Waals surface area contributed by atoms with Crippen LogP contribution >= 0.6 is 0 Å². The topological polar surface area (TPSA) is 21.3 Å². The predicted octanol–water partition coefficient (Wildman–Crippen LogP) is 4.32. The summed E-state index contributed by atoms with van der Waals surface area (Å²) in [7, 11) is 0. The number of rotatable bonds is 1. The van der Waals surface area contributed by atoms with Crippen LogP contribution in [0.2, 0.25) is 0 Å².